The van der Waals surface area contributed by atoms with Gasteiger partial charge in [0, 0.05) is 11.3 Å². The molecule has 0 aliphatic carbocycles. The van der Waals surface area contributed by atoms with E-state index in [-0.39, 0.29) is 0 Å². The molecule has 0 radical (unpaired) electrons. The van der Waals surface area contributed by atoms with Gasteiger partial charge in [-0.15, -0.1) is 0 Å². The highest BCUT2D eigenvalue weighted by Gasteiger charge is 2.37. The minimum absolute atomic E-state index is 0.411. The fourth-order valence-electron chi connectivity index (χ4n) is 2.20. The van der Waals surface area contributed by atoms with E-state index in [0.717, 1.165) is 4.57 Å². The number of para-hydroxylation sites is 1. The van der Waals surface area contributed by atoms with Crippen molar-refractivity contribution in [1.29, 1.82) is 0 Å². The lowest BCUT2D eigenvalue weighted by molar-refractivity contribution is -0.145. The molecule has 0 atom stereocenters. The van der Waals surface area contributed by atoms with Crippen LogP contribution in [0, 0.1) is 0 Å². The predicted molar refractivity (Wildman–Crippen MR) is 74.0 cm³/mol. The zero-order valence-electron chi connectivity index (χ0n) is 10.9. The van der Waals surface area contributed by atoms with Gasteiger partial charge in [-0.05, 0) is 12.1 Å². The van der Waals surface area contributed by atoms with Gasteiger partial charge in [-0.3, -0.25) is 4.57 Å². The lowest BCUT2D eigenvalue weighted by atomic mass is 10.1. The molecular formula is C16H11F3N2. The molecular weight excluding hydrogens is 277 g/mol. The summed E-state index contributed by atoms with van der Waals surface area (Å²) in [5.41, 5.74) is 1.53. The SMILES string of the molecule is FC(F)(F)c1ncc(-c2ccccc2)n1-c1ccccc1. The van der Waals surface area contributed by atoms with Gasteiger partial charge in [0.2, 0.25) is 5.82 Å². The van der Waals surface area contributed by atoms with Gasteiger partial charge >= 0.3 is 6.18 Å². The Morgan fingerprint density at radius 3 is 1.95 bits per heavy atom. The van der Waals surface area contributed by atoms with Crippen LogP contribution in [0.1, 0.15) is 5.82 Å². The summed E-state index contributed by atoms with van der Waals surface area (Å²) < 4.78 is 40.7. The Balaban J connectivity index is 2.26. The first-order valence-electron chi connectivity index (χ1n) is 6.33. The van der Waals surface area contributed by atoms with Crippen molar-refractivity contribution in [2.24, 2.45) is 0 Å². The largest absolute Gasteiger partial charge is 0.450 e. The van der Waals surface area contributed by atoms with Crippen LogP contribution < -0.4 is 0 Å². The maximum absolute atomic E-state index is 13.2. The summed E-state index contributed by atoms with van der Waals surface area (Å²) >= 11 is 0. The van der Waals surface area contributed by atoms with Crippen LogP contribution in [0.2, 0.25) is 0 Å². The molecule has 0 saturated carbocycles. The number of aromatic nitrogens is 2. The molecule has 5 heteroatoms. The molecule has 0 amide bonds. The van der Waals surface area contributed by atoms with E-state index in [0.29, 0.717) is 16.9 Å². The van der Waals surface area contributed by atoms with E-state index in [4.69, 9.17) is 0 Å². The zero-order chi connectivity index (χ0) is 14.9. The third-order valence-electron chi connectivity index (χ3n) is 3.10. The Hall–Kier alpha value is -2.56. The fourth-order valence-corrected chi connectivity index (χ4v) is 2.20. The minimum atomic E-state index is -4.51. The molecule has 0 unspecified atom stereocenters. The van der Waals surface area contributed by atoms with Crippen LogP contribution in [0.3, 0.4) is 0 Å². The number of alkyl halides is 3. The molecule has 0 bridgehead atoms. The van der Waals surface area contributed by atoms with Crippen molar-refractivity contribution in [3.05, 3.63) is 72.7 Å². The summed E-state index contributed by atoms with van der Waals surface area (Å²) in [6.07, 6.45) is -3.26. The zero-order valence-corrected chi connectivity index (χ0v) is 10.9. The number of hydrogen-bond donors (Lipinski definition) is 0. The maximum Gasteiger partial charge on any atom is 0.450 e. The number of halogens is 3. The van der Waals surface area contributed by atoms with Gasteiger partial charge in [0.15, 0.2) is 0 Å². The number of benzene rings is 2. The molecule has 0 aliphatic heterocycles. The summed E-state index contributed by atoms with van der Waals surface area (Å²) in [7, 11) is 0. The van der Waals surface area contributed by atoms with Crippen LogP contribution in [0.4, 0.5) is 13.2 Å². The minimum Gasteiger partial charge on any atom is -0.289 e. The van der Waals surface area contributed by atoms with Crippen molar-refractivity contribution in [2.45, 2.75) is 6.18 Å². The quantitative estimate of drug-likeness (QED) is 0.676. The standard InChI is InChI=1S/C16H11F3N2/c17-16(18,19)15-20-11-14(12-7-3-1-4-8-12)21(15)13-9-5-2-6-10-13/h1-11H. The maximum atomic E-state index is 13.2. The number of nitrogens with zero attached hydrogens (tertiary/aromatic N) is 2. The van der Waals surface area contributed by atoms with Crippen LogP contribution in [0.5, 0.6) is 0 Å². The highest BCUT2D eigenvalue weighted by Crippen LogP contribution is 2.34. The average Bonchev–Trinajstić information content (AvgIpc) is 2.94. The van der Waals surface area contributed by atoms with E-state index in [1.54, 1.807) is 54.6 Å². The van der Waals surface area contributed by atoms with Gasteiger partial charge in [0.25, 0.3) is 0 Å². The van der Waals surface area contributed by atoms with Crippen molar-refractivity contribution in [1.82, 2.24) is 9.55 Å². The Kier molecular flexibility index (Phi) is 3.25. The van der Waals surface area contributed by atoms with E-state index in [9.17, 15) is 13.2 Å². The van der Waals surface area contributed by atoms with Crippen LogP contribution in [0.25, 0.3) is 16.9 Å². The number of hydrogen-bond acceptors (Lipinski definition) is 1. The molecule has 0 fully saturated rings. The molecule has 0 aliphatic rings. The summed E-state index contributed by atoms with van der Waals surface area (Å²) in [6, 6.07) is 17.3. The lowest BCUT2D eigenvalue weighted by Crippen LogP contribution is -2.14. The molecule has 2 aromatic carbocycles. The third kappa shape index (κ3) is 2.54. The van der Waals surface area contributed by atoms with Gasteiger partial charge in [0.05, 0.1) is 11.9 Å². The Labute approximate surface area is 119 Å². The molecule has 3 rings (SSSR count). The van der Waals surface area contributed by atoms with Gasteiger partial charge < -0.3 is 0 Å². The Morgan fingerprint density at radius 2 is 1.38 bits per heavy atom. The lowest BCUT2D eigenvalue weighted by Gasteiger charge is -2.13. The second kappa shape index (κ2) is 5.09. The van der Waals surface area contributed by atoms with Gasteiger partial charge in [0.1, 0.15) is 0 Å². The molecule has 0 spiro atoms. The normalized spacial score (nSPS) is 11.6. The van der Waals surface area contributed by atoms with Crippen molar-refractivity contribution < 1.29 is 13.2 Å². The van der Waals surface area contributed by atoms with E-state index in [1.807, 2.05) is 6.07 Å². The Morgan fingerprint density at radius 1 is 0.810 bits per heavy atom. The molecule has 21 heavy (non-hydrogen) atoms. The molecule has 3 aromatic rings. The van der Waals surface area contributed by atoms with Crippen molar-refractivity contribution >= 4 is 0 Å². The molecule has 2 nitrogen and oxygen atoms in total. The molecule has 0 N–H and O–H groups in total. The summed E-state index contributed by atoms with van der Waals surface area (Å²) in [5, 5.41) is 0. The molecule has 106 valence electrons. The molecule has 1 aromatic heterocycles. The first kappa shape index (κ1) is 13.4. The van der Waals surface area contributed by atoms with Crippen LogP contribution in [0.15, 0.2) is 66.9 Å². The third-order valence-corrected chi connectivity index (χ3v) is 3.10. The fraction of sp³-hybridized carbons (Fsp3) is 0.0625. The second-order valence-corrected chi connectivity index (χ2v) is 4.50. The van der Waals surface area contributed by atoms with E-state index in [2.05, 4.69) is 4.98 Å². The van der Waals surface area contributed by atoms with E-state index < -0.39 is 12.0 Å². The van der Waals surface area contributed by atoms with Crippen molar-refractivity contribution in [3.8, 4) is 16.9 Å². The monoisotopic (exact) mass is 288 g/mol. The van der Waals surface area contributed by atoms with Crippen LogP contribution >= 0.6 is 0 Å². The summed E-state index contributed by atoms with van der Waals surface area (Å²) in [4.78, 5) is 3.58. The molecule has 1 heterocycles. The molecule has 0 saturated heterocycles. The van der Waals surface area contributed by atoms with Crippen LogP contribution in [-0.2, 0) is 6.18 Å². The number of imidazole rings is 1. The van der Waals surface area contributed by atoms with Gasteiger partial charge in [-0.25, -0.2) is 4.98 Å². The Bertz CT molecular complexity index is 731. The topological polar surface area (TPSA) is 17.8 Å². The van der Waals surface area contributed by atoms with Crippen molar-refractivity contribution in [3.63, 3.8) is 0 Å². The van der Waals surface area contributed by atoms with E-state index in [1.165, 1.54) is 6.20 Å². The average molecular weight is 288 g/mol. The smallest absolute Gasteiger partial charge is 0.289 e. The predicted octanol–water partition coefficient (Wildman–Crippen LogP) is 4.56. The first-order chi connectivity index (χ1) is 10.1. The van der Waals surface area contributed by atoms with E-state index >= 15 is 0 Å². The summed E-state index contributed by atoms with van der Waals surface area (Å²) in [5.74, 6) is -0.924. The van der Waals surface area contributed by atoms with Crippen molar-refractivity contribution in [2.75, 3.05) is 0 Å². The first-order valence-corrected chi connectivity index (χ1v) is 6.33. The number of rotatable bonds is 2. The van der Waals surface area contributed by atoms with Gasteiger partial charge in [-0.2, -0.15) is 13.2 Å². The second-order valence-electron chi connectivity index (χ2n) is 4.50. The van der Waals surface area contributed by atoms with Crippen LogP contribution in [-0.4, -0.2) is 9.55 Å². The highest BCUT2D eigenvalue weighted by molar-refractivity contribution is 5.62. The van der Waals surface area contributed by atoms with Gasteiger partial charge in [-0.1, -0.05) is 48.5 Å². The summed E-state index contributed by atoms with van der Waals surface area (Å²) in [6.45, 7) is 0. The highest BCUT2D eigenvalue weighted by atomic mass is 19.4.